The van der Waals surface area contributed by atoms with Crippen LogP contribution in [0.15, 0.2) is 24.3 Å². The molecule has 1 N–H and O–H groups in total. The van der Waals surface area contributed by atoms with Gasteiger partial charge in [-0.2, -0.15) is 0 Å². The molecule has 0 aliphatic rings. The molecule has 0 spiro atoms. The van der Waals surface area contributed by atoms with Crippen molar-refractivity contribution in [3.05, 3.63) is 35.5 Å². The van der Waals surface area contributed by atoms with E-state index in [-0.39, 0.29) is 0 Å². The first kappa shape index (κ1) is 6.47. The Balaban J connectivity index is 2.92. The maximum absolute atomic E-state index is 3.33. The first-order valence-electron chi connectivity index (χ1n) is 3.83. The molecule has 2 aromatic rings. The van der Waals surface area contributed by atoms with E-state index < -0.39 is 0 Å². The number of rotatable bonds is 0. The third-order valence-corrected chi connectivity index (χ3v) is 2.22. The summed E-state index contributed by atoms with van der Waals surface area (Å²) < 4.78 is 0. The van der Waals surface area contributed by atoms with Crippen LogP contribution in [0.25, 0.3) is 10.9 Å². The smallest absolute Gasteiger partial charge is 0.0458 e. The van der Waals surface area contributed by atoms with Gasteiger partial charge in [0.2, 0.25) is 0 Å². The largest absolute Gasteiger partial charge is 0.358 e. The number of hydrogen-bond donors (Lipinski definition) is 1. The molecule has 0 unspecified atom stereocenters. The van der Waals surface area contributed by atoms with Crippen LogP contribution in [0.2, 0.25) is 0 Å². The lowest BCUT2D eigenvalue weighted by Gasteiger charge is -1.87. The molecule has 0 aliphatic carbocycles. The molecule has 1 aromatic carbocycles. The van der Waals surface area contributed by atoms with Crippen LogP contribution in [0.4, 0.5) is 0 Å². The Kier molecular flexibility index (Phi) is 1.25. The number of aromatic amines is 1. The van der Waals surface area contributed by atoms with E-state index in [2.05, 4.69) is 43.1 Å². The lowest BCUT2D eigenvalue weighted by Crippen LogP contribution is -1.70. The van der Waals surface area contributed by atoms with Gasteiger partial charge < -0.3 is 4.98 Å². The normalized spacial score (nSPS) is 10.7. The van der Waals surface area contributed by atoms with Gasteiger partial charge in [-0.25, -0.2) is 0 Å². The molecule has 0 saturated heterocycles. The molecule has 0 fully saturated rings. The predicted molar refractivity (Wildman–Crippen MR) is 47.8 cm³/mol. The zero-order valence-electron chi connectivity index (χ0n) is 6.81. The fourth-order valence-electron chi connectivity index (χ4n) is 1.42. The van der Waals surface area contributed by atoms with Gasteiger partial charge >= 0.3 is 0 Å². The molecular formula is C10H11N. The van der Waals surface area contributed by atoms with Crippen LogP contribution in [0.3, 0.4) is 0 Å². The van der Waals surface area contributed by atoms with Crippen molar-refractivity contribution in [2.45, 2.75) is 13.8 Å². The van der Waals surface area contributed by atoms with Crippen LogP contribution in [0.1, 0.15) is 11.3 Å². The van der Waals surface area contributed by atoms with Crippen LogP contribution < -0.4 is 0 Å². The fourth-order valence-corrected chi connectivity index (χ4v) is 1.42. The number of aromatic nitrogens is 1. The van der Waals surface area contributed by atoms with E-state index in [1.807, 2.05) is 0 Å². The zero-order valence-corrected chi connectivity index (χ0v) is 6.81. The second kappa shape index (κ2) is 2.12. The second-order valence-electron chi connectivity index (χ2n) is 2.92. The van der Waals surface area contributed by atoms with Gasteiger partial charge in [-0.3, -0.25) is 0 Å². The molecule has 0 saturated carbocycles. The summed E-state index contributed by atoms with van der Waals surface area (Å²) in [4.78, 5) is 3.33. The van der Waals surface area contributed by atoms with E-state index in [9.17, 15) is 0 Å². The van der Waals surface area contributed by atoms with E-state index in [1.165, 1.54) is 22.2 Å². The summed E-state index contributed by atoms with van der Waals surface area (Å²) in [5.74, 6) is 0. The van der Waals surface area contributed by atoms with Crippen molar-refractivity contribution in [1.29, 1.82) is 0 Å². The van der Waals surface area contributed by atoms with Crippen molar-refractivity contribution >= 4 is 10.9 Å². The molecule has 1 heteroatoms. The highest BCUT2D eigenvalue weighted by atomic mass is 14.8. The van der Waals surface area contributed by atoms with Crippen LogP contribution in [-0.4, -0.2) is 4.98 Å². The number of nitrogens with one attached hydrogen (secondary N) is 1. The van der Waals surface area contributed by atoms with E-state index in [0.717, 1.165) is 0 Å². The maximum atomic E-state index is 3.33. The maximum Gasteiger partial charge on any atom is 0.0458 e. The summed E-state index contributed by atoms with van der Waals surface area (Å²) in [6.45, 7) is 4.25. The van der Waals surface area contributed by atoms with Gasteiger partial charge in [-0.1, -0.05) is 18.2 Å². The third-order valence-electron chi connectivity index (χ3n) is 2.22. The van der Waals surface area contributed by atoms with E-state index >= 15 is 0 Å². The Labute approximate surface area is 66.1 Å². The van der Waals surface area contributed by atoms with Crippen LogP contribution in [0, 0.1) is 13.8 Å². The molecule has 0 aliphatic heterocycles. The minimum atomic E-state index is 1.24. The highest BCUT2D eigenvalue weighted by molar-refractivity contribution is 5.84. The monoisotopic (exact) mass is 147 g/mol. The number of aryl methyl sites for hydroxylation is 2. The van der Waals surface area contributed by atoms with E-state index in [1.54, 1.807) is 0 Å². The average Bonchev–Trinajstić information content (AvgIpc) is 2.30. The summed E-state index contributed by atoms with van der Waals surface area (Å²) in [6.07, 6.45) is 0. The van der Waals surface area contributed by atoms with Crippen molar-refractivity contribution < 1.29 is 0 Å². The Bertz CT molecular complexity index is 385. The highest BCUT2D eigenvalue weighted by Crippen LogP contribution is 2.19. The molecule has 0 amide bonds. The highest BCUT2D eigenvalue weighted by Gasteiger charge is 2.00. The van der Waals surface area contributed by atoms with Gasteiger partial charge in [-0.05, 0) is 25.5 Å². The molecule has 0 radical (unpaired) electrons. The van der Waals surface area contributed by atoms with E-state index in [4.69, 9.17) is 0 Å². The van der Waals surface area contributed by atoms with Crippen LogP contribution in [0.5, 0.6) is 0 Å². The number of para-hydroxylation sites is 1. The molecule has 56 valence electrons. The van der Waals surface area contributed by atoms with Gasteiger partial charge in [-0.15, -0.1) is 0 Å². The minimum absolute atomic E-state index is 1.24. The summed E-state index contributed by atoms with van der Waals surface area (Å²) in [7, 11) is 0. The number of benzene rings is 1. The number of hydrogen-bond acceptors (Lipinski definition) is 0. The van der Waals surface area contributed by atoms with Gasteiger partial charge in [0.1, 0.15) is 0 Å². The van der Waals surface area contributed by atoms with Crippen molar-refractivity contribution in [3.63, 3.8) is 0 Å². The van der Waals surface area contributed by atoms with Crippen molar-refractivity contribution in [2.75, 3.05) is 0 Å². The summed E-state index contributed by atoms with van der Waals surface area (Å²) in [6, 6.07) is 8.38. The zero-order chi connectivity index (χ0) is 7.84. The second-order valence-corrected chi connectivity index (χ2v) is 2.92. The first-order valence-corrected chi connectivity index (χ1v) is 3.83. The first-order chi connectivity index (χ1) is 5.29. The summed E-state index contributed by atoms with van der Waals surface area (Å²) in [5.41, 5.74) is 3.87. The molecule has 0 atom stereocenters. The van der Waals surface area contributed by atoms with Gasteiger partial charge in [0.15, 0.2) is 0 Å². The molecule has 1 heterocycles. The van der Waals surface area contributed by atoms with Gasteiger partial charge in [0.25, 0.3) is 0 Å². The Hall–Kier alpha value is -1.24. The molecular weight excluding hydrogens is 136 g/mol. The Morgan fingerprint density at radius 2 is 2.00 bits per heavy atom. The molecule has 1 nitrogen and oxygen atoms in total. The van der Waals surface area contributed by atoms with E-state index in [0.29, 0.717) is 0 Å². The van der Waals surface area contributed by atoms with Crippen molar-refractivity contribution in [1.82, 2.24) is 4.98 Å². The Morgan fingerprint density at radius 1 is 1.27 bits per heavy atom. The standard InChI is InChI=1S/C10H11N/c1-7-8(2)11-10-6-4-3-5-9(7)10/h3-6,11H,1-2H3/i2+2. The molecule has 1 aromatic heterocycles. The third kappa shape index (κ3) is 0.845. The summed E-state index contributed by atoms with van der Waals surface area (Å²) >= 11 is 0. The lowest BCUT2D eigenvalue weighted by atomic mass is 10.2. The average molecular weight is 147 g/mol. The minimum Gasteiger partial charge on any atom is -0.358 e. The van der Waals surface area contributed by atoms with Gasteiger partial charge in [0.05, 0.1) is 0 Å². The SMILES string of the molecule is Cc1c([14CH3])[nH]c2ccccc12. The number of H-pyrrole nitrogens is 1. The quantitative estimate of drug-likeness (QED) is 0.589. The lowest BCUT2D eigenvalue weighted by molar-refractivity contribution is 1.25. The fraction of sp³-hybridized carbons (Fsp3) is 0.200. The predicted octanol–water partition coefficient (Wildman–Crippen LogP) is 2.78. The summed E-state index contributed by atoms with van der Waals surface area (Å²) in [5, 5.41) is 1.34. The molecule has 11 heavy (non-hydrogen) atoms. The van der Waals surface area contributed by atoms with Crippen molar-refractivity contribution in [2.24, 2.45) is 0 Å². The van der Waals surface area contributed by atoms with Gasteiger partial charge in [0, 0.05) is 16.6 Å². The number of fused-ring (bicyclic) bond motifs is 1. The Morgan fingerprint density at radius 3 is 2.73 bits per heavy atom. The topological polar surface area (TPSA) is 15.8 Å². The molecule has 0 bridgehead atoms. The van der Waals surface area contributed by atoms with Crippen molar-refractivity contribution in [3.8, 4) is 0 Å². The molecule has 2 rings (SSSR count). The van der Waals surface area contributed by atoms with Crippen LogP contribution in [-0.2, 0) is 0 Å². The van der Waals surface area contributed by atoms with Crippen LogP contribution >= 0.6 is 0 Å².